The number of aryl methyl sites for hydroxylation is 1. The summed E-state index contributed by atoms with van der Waals surface area (Å²) >= 11 is 3.35. The molecule has 1 aliphatic rings. The molecule has 0 aromatic heterocycles. The fraction of sp³-hybridized carbons (Fsp3) is 0.222. The highest BCUT2D eigenvalue weighted by Gasteiger charge is 2.39. The average Bonchev–Trinajstić information content (AvgIpc) is 2.83. The van der Waals surface area contributed by atoms with E-state index in [1.807, 2.05) is 36.4 Å². The van der Waals surface area contributed by atoms with E-state index in [1.165, 1.54) is 10.5 Å². The van der Waals surface area contributed by atoms with Crippen LogP contribution in [-0.2, 0) is 16.0 Å². The molecule has 0 saturated carbocycles. The van der Waals surface area contributed by atoms with Crippen molar-refractivity contribution in [1.82, 2.24) is 0 Å². The maximum atomic E-state index is 12.6. The normalized spacial score (nSPS) is 17.7. The minimum absolute atomic E-state index is 0.171. The molecule has 0 aliphatic carbocycles. The third-order valence-corrected chi connectivity index (χ3v) is 4.46. The zero-order chi connectivity index (χ0) is 16.4. The van der Waals surface area contributed by atoms with Crippen LogP contribution >= 0.6 is 15.9 Å². The van der Waals surface area contributed by atoms with E-state index in [0.29, 0.717) is 5.69 Å². The predicted octanol–water partition coefficient (Wildman–Crippen LogP) is 3.76. The van der Waals surface area contributed by atoms with Crippen LogP contribution in [0.15, 0.2) is 53.0 Å². The summed E-state index contributed by atoms with van der Waals surface area (Å²) < 4.78 is 0.908. The van der Waals surface area contributed by atoms with Gasteiger partial charge in [0.05, 0.1) is 12.1 Å². The monoisotopic (exact) mass is 372 g/mol. The molecular formula is C18H17BrN2O2. The van der Waals surface area contributed by atoms with Crippen LogP contribution in [0.4, 0.5) is 11.4 Å². The van der Waals surface area contributed by atoms with E-state index >= 15 is 0 Å². The van der Waals surface area contributed by atoms with Gasteiger partial charge in [-0.25, -0.2) is 4.90 Å². The van der Waals surface area contributed by atoms with Crippen LogP contribution in [0, 0.1) is 0 Å². The number of benzene rings is 2. The van der Waals surface area contributed by atoms with Gasteiger partial charge in [0, 0.05) is 10.2 Å². The Morgan fingerprint density at radius 2 is 1.74 bits per heavy atom. The summed E-state index contributed by atoms with van der Waals surface area (Å²) in [5.41, 5.74) is 2.70. The summed E-state index contributed by atoms with van der Waals surface area (Å²) in [5, 5.41) is 3.16. The molecule has 1 unspecified atom stereocenters. The van der Waals surface area contributed by atoms with Crippen molar-refractivity contribution in [2.45, 2.75) is 25.8 Å². The standard InChI is InChI=1S/C18H17BrN2O2/c1-2-12-3-7-14(8-4-12)20-16-11-17(22)21(18(16)23)15-9-5-13(19)6-10-15/h3-10,16,20H,2,11H2,1H3. The molecule has 0 bridgehead atoms. The van der Waals surface area contributed by atoms with Gasteiger partial charge in [-0.3, -0.25) is 9.59 Å². The number of halogens is 1. The molecule has 1 aliphatic heterocycles. The molecular weight excluding hydrogens is 356 g/mol. The molecule has 0 radical (unpaired) electrons. The number of hydrogen-bond donors (Lipinski definition) is 1. The molecule has 1 heterocycles. The lowest BCUT2D eigenvalue weighted by atomic mass is 10.1. The number of imide groups is 1. The lowest BCUT2D eigenvalue weighted by Gasteiger charge is -2.16. The van der Waals surface area contributed by atoms with Crippen molar-refractivity contribution in [3.63, 3.8) is 0 Å². The fourth-order valence-electron chi connectivity index (χ4n) is 2.64. The summed E-state index contributed by atoms with van der Waals surface area (Å²) in [6, 6.07) is 14.6. The molecule has 1 fully saturated rings. The second-order valence-electron chi connectivity index (χ2n) is 5.50. The van der Waals surface area contributed by atoms with Gasteiger partial charge >= 0.3 is 0 Å². The number of rotatable bonds is 4. The molecule has 0 spiro atoms. The van der Waals surface area contributed by atoms with Crippen molar-refractivity contribution >= 4 is 39.1 Å². The van der Waals surface area contributed by atoms with Crippen LogP contribution in [0.1, 0.15) is 18.9 Å². The molecule has 2 aromatic rings. The Balaban J connectivity index is 1.76. The molecule has 3 rings (SSSR count). The SMILES string of the molecule is CCc1ccc(NC2CC(=O)N(c3ccc(Br)cc3)C2=O)cc1. The summed E-state index contributed by atoms with van der Waals surface area (Å²) in [6.07, 6.45) is 1.14. The van der Waals surface area contributed by atoms with Crippen LogP contribution in [0.25, 0.3) is 0 Å². The Kier molecular flexibility index (Phi) is 4.48. The zero-order valence-corrected chi connectivity index (χ0v) is 14.3. The average molecular weight is 373 g/mol. The summed E-state index contributed by atoms with van der Waals surface area (Å²) in [5.74, 6) is -0.392. The third-order valence-electron chi connectivity index (χ3n) is 3.93. The van der Waals surface area contributed by atoms with Crippen molar-refractivity contribution in [2.24, 2.45) is 0 Å². The number of carbonyl (C=O) groups excluding carboxylic acids is 2. The highest BCUT2D eigenvalue weighted by atomic mass is 79.9. The van der Waals surface area contributed by atoms with Gasteiger partial charge in [-0.2, -0.15) is 0 Å². The zero-order valence-electron chi connectivity index (χ0n) is 12.8. The van der Waals surface area contributed by atoms with Gasteiger partial charge in [0.15, 0.2) is 0 Å². The molecule has 118 valence electrons. The molecule has 2 aromatic carbocycles. The van der Waals surface area contributed by atoms with E-state index in [4.69, 9.17) is 0 Å². The van der Waals surface area contributed by atoms with Gasteiger partial charge in [-0.15, -0.1) is 0 Å². The van der Waals surface area contributed by atoms with Crippen LogP contribution in [0.3, 0.4) is 0 Å². The first-order valence-electron chi connectivity index (χ1n) is 7.56. The minimum Gasteiger partial charge on any atom is -0.373 e. The van der Waals surface area contributed by atoms with Crippen molar-refractivity contribution in [1.29, 1.82) is 0 Å². The highest BCUT2D eigenvalue weighted by molar-refractivity contribution is 9.10. The number of nitrogens with one attached hydrogen (secondary N) is 1. The van der Waals surface area contributed by atoms with E-state index in [-0.39, 0.29) is 18.2 Å². The molecule has 5 heteroatoms. The lowest BCUT2D eigenvalue weighted by Crippen LogP contribution is -2.34. The third kappa shape index (κ3) is 3.29. The smallest absolute Gasteiger partial charge is 0.256 e. The van der Waals surface area contributed by atoms with Crippen molar-refractivity contribution < 1.29 is 9.59 Å². The van der Waals surface area contributed by atoms with Gasteiger partial charge in [0.1, 0.15) is 6.04 Å². The number of nitrogens with zero attached hydrogens (tertiary/aromatic N) is 1. The fourth-order valence-corrected chi connectivity index (χ4v) is 2.91. The second-order valence-corrected chi connectivity index (χ2v) is 6.41. The predicted molar refractivity (Wildman–Crippen MR) is 94.5 cm³/mol. The lowest BCUT2D eigenvalue weighted by molar-refractivity contribution is -0.121. The summed E-state index contributed by atoms with van der Waals surface area (Å²) in [4.78, 5) is 26.0. The van der Waals surface area contributed by atoms with Gasteiger partial charge in [0.25, 0.3) is 5.91 Å². The molecule has 4 nitrogen and oxygen atoms in total. The molecule has 1 N–H and O–H groups in total. The number of carbonyl (C=O) groups is 2. The Morgan fingerprint density at radius 1 is 1.09 bits per heavy atom. The van der Waals surface area contributed by atoms with Crippen molar-refractivity contribution in [3.05, 3.63) is 58.6 Å². The Morgan fingerprint density at radius 3 is 2.35 bits per heavy atom. The van der Waals surface area contributed by atoms with Gasteiger partial charge < -0.3 is 5.32 Å². The molecule has 1 saturated heterocycles. The van der Waals surface area contributed by atoms with Crippen LogP contribution in [0.2, 0.25) is 0 Å². The highest BCUT2D eigenvalue weighted by Crippen LogP contribution is 2.26. The largest absolute Gasteiger partial charge is 0.373 e. The topological polar surface area (TPSA) is 49.4 Å². The molecule has 2 amide bonds. The van der Waals surface area contributed by atoms with Crippen LogP contribution in [0.5, 0.6) is 0 Å². The van der Waals surface area contributed by atoms with E-state index in [2.05, 4.69) is 28.2 Å². The number of amides is 2. The number of anilines is 2. The molecule has 1 atom stereocenters. The minimum atomic E-state index is -0.515. The Bertz CT molecular complexity index is 726. The number of hydrogen-bond acceptors (Lipinski definition) is 3. The first kappa shape index (κ1) is 15.7. The molecule has 23 heavy (non-hydrogen) atoms. The van der Waals surface area contributed by atoms with Crippen molar-refractivity contribution in [2.75, 3.05) is 10.2 Å². The Hall–Kier alpha value is -2.14. The van der Waals surface area contributed by atoms with E-state index in [1.54, 1.807) is 12.1 Å². The van der Waals surface area contributed by atoms with E-state index in [0.717, 1.165) is 16.6 Å². The van der Waals surface area contributed by atoms with Gasteiger partial charge in [0.2, 0.25) is 5.91 Å². The Labute approximate surface area is 143 Å². The maximum absolute atomic E-state index is 12.6. The quantitative estimate of drug-likeness (QED) is 0.831. The first-order valence-corrected chi connectivity index (χ1v) is 8.35. The summed E-state index contributed by atoms with van der Waals surface area (Å²) in [6.45, 7) is 2.09. The van der Waals surface area contributed by atoms with Gasteiger partial charge in [-0.05, 0) is 48.4 Å². The maximum Gasteiger partial charge on any atom is 0.256 e. The van der Waals surface area contributed by atoms with E-state index < -0.39 is 6.04 Å². The van der Waals surface area contributed by atoms with Crippen LogP contribution < -0.4 is 10.2 Å². The summed E-state index contributed by atoms with van der Waals surface area (Å²) in [7, 11) is 0. The van der Waals surface area contributed by atoms with Gasteiger partial charge in [-0.1, -0.05) is 35.0 Å². The van der Waals surface area contributed by atoms with Crippen LogP contribution in [-0.4, -0.2) is 17.9 Å². The van der Waals surface area contributed by atoms with E-state index in [9.17, 15) is 9.59 Å². The second kappa shape index (κ2) is 6.54. The first-order chi connectivity index (χ1) is 11.1. The van der Waals surface area contributed by atoms with Crippen molar-refractivity contribution in [3.8, 4) is 0 Å².